The van der Waals surface area contributed by atoms with Gasteiger partial charge in [0.25, 0.3) is 0 Å². The highest BCUT2D eigenvalue weighted by Gasteiger charge is 2.32. The Hall–Kier alpha value is -0.330. The zero-order chi connectivity index (χ0) is 16.6. The van der Waals surface area contributed by atoms with E-state index in [0.717, 1.165) is 0 Å². The fourth-order valence-electron chi connectivity index (χ4n) is 2.05. The fraction of sp³-hybridized carbons (Fsp3) is 0.571. The van der Waals surface area contributed by atoms with Crippen LogP contribution in [0.4, 0.5) is 0 Å². The van der Waals surface area contributed by atoms with Gasteiger partial charge < -0.3 is 5.11 Å². The summed E-state index contributed by atoms with van der Waals surface area (Å²) in [4.78, 5) is 0.0141. The largest absolute Gasteiger partial charge is 0.389 e. The molecule has 0 saturated carbocycles. The molecular weight excluding hydrogens is 333 g/mol. The van der Waals surface area contributed by atoms with Gasteiger partial charge in [-0.2, -0.15) is 4.31 Å². The maximum absolute atomic E-state index is 12.9. The van der Waals surface area contributed by atoms with E-state index in [0.29, 0.717) is 16.1 Å². The molecule has 0 aliphatic carbocycles. The Balaban J connectivity index is 3.50. The summed E-state index contributed by atoms with van der Waals surface area (Å²) in [6.07, 6.45) is 0. The van der Waals surface area contributed by atoms with E-state index in [-0.39, 0.29) is 23.0 Å². The van der Waals surface area contributed by atoms with Gasteiger partial charge in [-0.05, 0) is 44.9 Å². The van der Waals surface area contributed by atoms with Gasteiger partial charge in [0, 0.05) is 18.1 Å². The molecule has 0 amide bonds. The van der Waals surface area contributed by atoms with E-state index in [9.17, 15) is 13.5 Å². The standard InChI is InChI=1S/C14H21Cl2NO3S/c1-6-17(8-14(4,5)18)21(19,20)13-10(3)11(15)7-9(2)12(13)16/h7,18H,6,8H2,1-5H3. The monoisotopic (exact) mass is 353 g/mol. The molecule has 0 heterocycles. The maximum Gasteiger partial charge on any atom is 0.244 e. The van der Waals surface area contributed by atoms with Gasteiger partial charge in [-0.25, -0.2) is 8.42 Å². The summed E-state index contributed by atoms with van der Waals surface area (Å²) < 4.78 is 26.9. The molecule has 7 heteroatoms. The molecule has 0 spiro atoms. The van der Waals surface area contributed by atoms with Gasteiger partial charge in [0.1, 0.15) is 4.90 Å². The number of benzene rings is 1. The van der Waals surface area contributed by atoms with E-state index < -0.39 is 15.6 Å². The van der Waals surface area contributed by atoms with Crippen molar-refractivity contribution in [2.24, 2.45) is 0 Å². The number of rotatable bonds is 5. The van der Waals surface area contributed by atoms with E-state index in [4.69, 9.17) is 23.2 Å². The lowest BCUT2D eigenvalue weighted by Crippen LogP contribution is -2.42. The average molecular weight is 354 g/mol. The van der Waals surface area contributed by atoms with Crippen LogP contribution in [0.15, 0.2) is 11.0 Å². The van der Waals surface area contributed by atoms with Crippen molar-refractivity contribution >= 4 is 33.2 Å². The number of hydrogen-bond donors (Lipinski definition) is 1. The second kappa shape index (κ2) is 6.42. The zero-order valence-electron chi connectivity index (χ0n) is 12.9. The SMILES string of the molecule is CCN(CC(C)(C)O)S(=O)(=O)c1c(C)c(Cl)cc(C)c1Cl. The lowest BCUT2D eigenvalue weighted by atomic mass is 10.1. The summed E-state index contributed by atoms with van der Waals surface area (Å²) in [6, 6.07) is 1.64. The van der Waals surface area contributed by atoms with Crippen LogP contribution in [0.5, 0.6) is 0 Å². The molecule has 0 aliphatic heterocycles. The number of aryl methyl sites for hydroxylation is 1. The molecule has 1 rings (SSSR count). The van der Waals surface area contributed by atoms with E-state index in [1.54, 1.807) is 40.7 Å². The number of likely N-dealkylation sites (N-methyl/N-ethyl adjacent to an activating group) is 1. The number of nitrogens with zero attached hydrogens (tertiary/aromatic N) is 1. The highest BCUT2D eigenvalue weighted by molar-refractivity contribution is 7.89. The number of hydrogen-bond acceptors (Lipinski definition) is 3. The predicted octanol–water partition coefficient (Wildman–Crippen LogP) is 3.39. The molecule has 1 N–H and O–H groups in total. The molecule has 0 unspecified atom stereocenters. The molecule has 0 atom stereocenters. The van der Waals surface area contributed by atoms with Crippen LogP contribution in [0.25, 0.3) is 0 Å². The summed E-state index contributed by atoms with van der Waals surface area (Å²) in [6.45, 7) is 8.37. The molecule has 0 aromatic heterocycles. The maximum atomic E-state index is 12.9. The van der Waals surface area contributed by atoms with Gasteiger partial charge in [-0.1, -0.05) is 30.1 Å². The topological polar surface area (TPSA) is 57.6 Å². The van der Waals surface area contributed by atoms with Crippen LogP contribution in [0.2, 0.25) is 10.0 Å². The summed E-state index contributed by atoms with van der Waals surface area (Å²) in [5.74, 6) is 0. The Morgan fingerprint density at radius 2 is 1.81 bits per heavy atom. The molecule has 0 bridgehead atoms. The third-order valence-electron chi connectivity index (χ3n) is 3.10. The quantitative estimate of drug-likeness (QED) is 0.882. The number of sulfonamides is 1. The van der Waals surface area contributed by atoms with Crippen LogP contribution >= 0.6 is 23.2 Å². The lowest BCUT2D eigenvalue weighted by molar-refractivity contribution is 0.0601. The van der Waals surface area contributed by atoms with Gasteiger partial charge in [0.15, 0.2) is 0 Å². The minimum Gasteiger partial charge on any atom is -0.389 e. The fourth-order valence-corrected chi connectivity index (χ4v) is 4.82. The van der Waals surface area contributed by atoms with E-state index in [1.165, 1.54) is 4.31 Å². The summed E-state index contributed by atoms with van der Waals surface area (Å²) >= 11 is 12.3. The second-order valence-electron chi connectivity index (χ2n) is 5.69. The Labute approximate surface area is 136 Å². The molecular formula is C14H21Cl2NO3S. The van der Waals surface area contributed by atoms with Gasteiger partial charge in [0.2, 0.25) is 10.0 Å². The average Bonchev–Trinajstić information content (AvgIpc) is 2.32. The van der Waals surface area contributed by atoms with Crippen LogP contribution in [-0.2, 0) is 10.0 Å². The summed E-state index contributed by atoms with van der Waals surface area (Å²) in [7, 11) is -3.83. The third-order valence-corrected chi connectivity index (χ3v) is 6.19. The van der Waals surface area contributed by atoms with Gasteiger partial charge in [0.05, 0.1) is 10.6 Å². The van der Waals surface area contributed by atoms with Crippen LogP contribution in [0.1, 0.15) is 31.9 Å². The number of halogens is 2. The van der Waals surface area contributed by atoms with Crippen molar-refractivity contribution in [1.82, 2.24) is 4.31 Å². The van der Waals surface area contributed by atoms with Crippen molar-refractivity contribution in [2.75, 3.05) is 13.1 Å². The minimum atomic E-state index is -3.83. The van der Waals surface area contributed by atoms with Gasteiger partial charge in [-0.3, -0.25) is 0 Å². The van der Waals surface area contributed by atoms with E-state index in [1.807, 2.05) is 0 Å². The molecule has 4 nitrogen and oxygen atoms in total. The van der Waals surface area contributed by atoms with Gasteiger partial charge in [-0.15, -0.1) is 0 Å². The molecule has 120 valence electrons. The van der Waals surface area contributed by atoms with Crippen LogP contribution in [0, 0.1) is 13.8 Å². The second-order valence-corrected chi connectivity index (χ2v) is 8.35. The van der Waals surface area contributed by atoms with Crippen molar-refractivity contribution in [1.29, 1.82) is 0 Å². The van der Waals surface area contributed by atoms with E-state index >= 15 is 0 Å². The summed E-state index contributed by atoms with van der Waals surface area (Å²) in [5, 5.41) is 10.4. The molecule has 0 fully saturated rings. The molecule has 1 aromatic rings. The molecule has 0 saturated heterocycles. The van der Waals surface area contributed by atoms with Crippen molar-refractivity contribution in [2.45, 2.75) is 45.1 Å². The van der Waals surface area contributed by atoms with Gasteiger partial charge >= 0.3 is 0 Å². The highest BCUT2D eigenvalue weighted by Crippen LogP contribution is 2.35. The number of aliphatic hydroxyl groups is 1. The zero-order valence-corrected chi connectivity index (χ0v) is 15.2. The van der Waals surface area contributed by atoms with Crippen molar-refractivity contribution in [3.8, 4) is 0 Å². The first kappa shape index (κ1) is 18.7. The smallest absolute Gasteiger partial charge is 0.244 e. The molecule has 1 aromatic carbocycles. The normalized spacial score (nSPS) is 13.0. The Morgan fingerprint density at radius 1 is 1.29 bits per heavy atom. The Kier molecular flexibility index (Phi) is 5.73. The molecule has 21 heavy (non-hydrogen) atoms. The van der Waals surface area contributed by atoms with Crippen molar-refractivity contribution in [3.05, 3.63) is 27.2 Å². The minimum absolute atomic E-state index is 0.0141. The molecule has 0 aliphatic rings. The highest BCUT2D eigenvalue weighted by atomic mass is 35.5. The van der Waals surface area contributed by atoms with Crippen LogP contribution in [-0.4, -0.2) is 36.5 Å². The lowest BCUT2D eigenvalue weighted by Gasteiger charge is -2.28. The predicted molar refractivity (Wildman–Crippen MR) is 86.7 cm³/mol. The first-order chi connectivity index (χ1) is 9.41. The van der Waals surface area contributed by atoms with Crippen LogP contribution in [0.3, 0.4) is 0 Å². The van der Waals surface area contributed by atoms with Crippen LogP contribution < -0.4 is 0 Å². The van der Waals surface area contributed by atoms with E-state index in [2.05, 4.69) is 0 Å². The Bertz CT molecular complexity index is 610. The third kappa shape index (κ3) is 4.11. The van der Waals surface area contributed by atoms with Crippen molar-refractivity contribution < 1.29 is 13.5 Å². The first-order valence-electron chi connectivity index (χ1n) is 6.59. The Morgan fingerprint density at radius 3 is 2.24 bits per heavy atom. The molecule has 0 radical (unpaired) electrons. The van der Waals surface area contributed by atoms with Crippen molar-refractivity contribution in [3.63, 3.8) is 0 Å². The first-order valence-corrected chi connectivity index (χ1v) is 8.79. The summed E-state index contributed by atoms with van der Waals surface area (Å²) in [5.41, 5.74) is -0.122.